The molecule has 0 amide bonds. The summed E-state index contributed by atoms with van der Waals surface area (Å²) < 4.78 is 0. The largest absolute Gasteiger partial charge is 0.388 e. The van der Waals surface area contributed by atoms with Gasteiger partial charge in [0.1, 0.15) is 0 Å². The second-order valence-electron chi connectivity index (χ2n) is 7.85. The molecule has 2 N–H and O–H groups in total. The molecule has 0 aromatic heterocycles. The molecule has 20 heavy (non-hydrogen) atoms. The number of fused-ring (bicyclic) bond motifs is 1. The molecule has 1 heterocycles. The van der Waals surface area contributed by atoms with Gasteiger partial charge in [0.05, 0.1) is 11.6 Å². The summed E-state index contributed by atoms with van der Waals surface area (Å²) in [6, 6.07) is 8.70. The molecule has 0 saturated heterocycles. The van der Waals surface area contributed by atoms with E-state index in [1.807, 2.05) is 0 Å². The zero-order chi connectivity index (χ0) is 14.4. The highest BCUT2D eigenvalue weighted by atomic mass is 16.3. The lowest BCUT2D eigenvalue weighted by Gasteiger charge is -2.49. The molecular weight excluding hydrogens is 246 g/mol. The van der Waals surface area contributed by atoms with Crippen LogP contribution in [0.15, 0.2) is 24.3 Å². The molecule has 2 nitrogen and oxygen atoms in total. The van der Waals surface area contributed by atoms with Gasteiger partial charge >= 0.3 is 0 Å². The van der Waals surface area contributed by atoms with Crippen molar-refractivity contribution in [3.63, 3.8) is 0 Å². The summed E-state index contributed by atoms with van der Waals surface area (Å²) >= 11 is 0. The normalized spacial score (nSPS) is 36.0. The molecule has 0 radical (unpaired) electrons. The van der Waals surface area contributed by atoms with Crippen molar-refractivity contribution in [2.75, 3.05) is 5.32 Å². The summed E-state index contributed by atoms with van der Waals surface area (Å²) in [5.74, 6) is 0.600. The van der Waals surface area contributed by atoms with Crippen molar-refractivity contribution in [1.29, 1.82) is 0 Å². The first-order chi connectivity index (χ1) is 9.38. The second kappa shape index (κ2) is 4.77. The maximum absolute atomic E-state index is 11.3. The number of aliphatic hydroxyl groups is 1. The average molecular weight is 273 g/mol. The van der Waals surface area contributed by atoms with Gasteiger partial charge in [-0.05, 0) is 55.1 Å². The van der Waals surface area contributed by atoms with Crippen LogP contribution < -0.4 is 5.32 Å². The van der Waals surface area contributed by atoms with Crippen LogP contribution in [0.4, 0.5) is 5.69 Å². The lowest BCUT2D eigenvalue weighted by Crippen LogP contribution is -2.54. The molecule has 2 heteroatoms. The monoisotopic (exact) mass is 273 g/mol. The number of para-hydroxylation sites is 1. The van der Waals surface area contributed by atoms with Gasteiger partial charge in [-0.3, -0.25) is 0 Å². The van der Waals surface area contributed by atoms with Gasteiger partial charge < -0.3 is 10.4 Å². The van der Waals surface area contributed by atoms with Crippen LogP contribution in [0, 0.1) is 11.3 Å². The van der Waals surface area contributed by atoms with E-state index in [2.05, 4.69) is 50.4 Å². The number of anilines is 1. The summed E-state index contributed by atoms with van der Waals surface area (Å²) in [5.41, 5.74) is 2.28. The Kier molecular flexibility index (Phi) is 3.32. The molecule has 3 unspecified atom stereocenters. The predicted octanol–water partition coefficient (Wildman–Crippen LogP) is 3.99. The average Bonchev–Trinajstić information content (AvgIpc) is 2.35. The second-order valence-corrected chi connectivity index (χ2v) is 7.85. The summed E-state index contributed by atoms with van der Waals surface area (Å²) in [4.78, 5) is 0. The van der Waals surface area contributed by atoms with Crippen LogP contribution in [0.3, 0.4) is 0 Å². The Balaban J connectivity index is 1.83. The number of hydrogen-bond acceptors (Lipinski definition) is 2. The Morgan fingerprint density at radius 2 is 1.95 bits per heavy atom. The first-order valence-corrected chi connectivity index (χ1v) is 7.95. The topological polar surface area (TPSA) is 32.3 Å². The fourth-order valence-corrected chi connectivity index (χ4v) is 4.70. The SMILES string of the molecule is CC1CC(C)(C)CC(O)(C2CCc3ccccc3N2)C1. The fraction of sp³-hybridized carbons (Fsp3) is 0.667. The van der Waals surface area contributed by atoms with E-state index in [1.54, 1.807) is 0 Å². The van der Waals surface area contributed by atoms with Gasteiger partial charge in [-0.1, -0.05) is 39.0 Å². The predicted molar refractivity (Wildman–Crippen MR) is 83.9 cm³/mol. The smallest absolute Gasteiger partial charge is 0.0855 e. The fourth-order valence-electron chi connectivity index (χ4n) is 4.70. The van der Waals surface area contributed by atoms with Crippen molar-refractivity contribution in [2.45, 2.75) is 64.5 Å². The molecule has 1 aliphatic heterocycles. The van der Waals surface area contributed by atoms with Crippen molar-refractivity contribution >= 4 is 5.69 Å². The molecule has 110 valence electrons. The van der Waals surface area contributed by atoms with Crippen LogP contribution in [0.25, 0.3) is 0 Å². The number of aryl methyl sites for hydroxylation is 1. The molecule has 0 spiro atoms. The van der Waals surface area contributed by atoms with Crippen molar-refractivity contribution in [3.05, 3.63) is 29.8 Å². The van der Waals surface area contributed by atoms with Crippen LogP contribution in [0.1, 0.15) is 52.0 Å². The lowest BCUT2D eigenvalue weighted by molar-refractivity contribution is -0.0727. The third-order valence-electron chi connectivity index (χ3n) is 5.09. The van der Waals surface area contributed by atoms with E-state index in [4.69, 9.17) is 0 Å². The van der Waals surface area contributed by atoms with E-state index in [0.717, 1.165) is 25.7 Å². The number of rotatable bonds is 1. The van der Waals surface area contributed by atoms with E-state index < -0.39 is 5.60 Å². The Morgan fingerprint density at radius 1 is 1.20 bits per heavy atom. The zero-order valence-electron chi connectivity index (χ0n) is 12.9. The quantitative estimate of drug-likeness (QED) is 0.811. The minimum Gasteiger partial charge on any atom is -0.388 e. The summed E-state index contributed by atoms with van der Waals surface area (Å²) in [6.45, 7) is 6.87. The molecule has 1 fully saturated rings. The first-order valence-electron chi connectivity index (χ1n) is 7.95. The molecule has 1 aromatic carbocycles. The third-order valence-corrected chi connectivity index (χ3v) is 5.09. The highest BCUT2D eigenvalue weighted by Crippen LogP contribution is 2.47. The molecule has 3 rings (SSSR count). The van der Waals surface area contributed by atoms with Crippen molar-refractivity contribution in [3.8, 4) is 0 Å². The van der Waals surface area contributed by atoms with Gasteiger partial charge in [0, 0.05) is 5.69 Å². The van der Waals surface area contributed by atoms with Crippen LogP contribution in [0.2, 0.25) is 0 Å². The van der Waals surface area contributed by atoms with Gasteiger partial charge in [0.25, 0.3) is 0 Å². The van der Waals surface area contributed by atoms with Crippen molar-refractivity contribution in [2.24, 2.45) is 11.3 Å². The van der Waals surface area contributed by atoms with Crippen LogP contribution in [-0.4, -0.2) is 16.7 Å². The molecule has 1 aromatic rings. The van der Waals surface area contributed by atoms with Gasteiger partial charge in [-0.25, -0.2) is 0 Å². The van der Waals surface area contributed by atoms with Crippen LogP contribution in [0.5, 0.6) is 0 Å². The Bertz CT molecular complexity index is 496. The van der Waals surface area contributed by atoms with E-state index >= 15 is 0 Å². The summed E-state index contributed by atoms with van der Waals surface area (Å²) in [6.07, 6.45) is 5.17. The summed E-state index contributed by atoms with van der Waals surface area (Å²) in [5, 5.41) is 14.9. The Morgan fingerprint density at radius 3 is 2.70 bits per heavy atom. The van der Waals surface area contributed by atoms with Crippen LogP contribution >= 0.6 is 0 Å². The van der Waals surface area contributed by atoms with Gasteiger partial charge in [0.15, 0.2) is 0 Å². The van der Waals surface area contributed by atoms with E-state index in [0.29, 0.717) is 5.92 Å². The van der Waals surface area contributed by atoms with E-state index in [1.165, 1.54) is 17.7 Å². The van der Waals surface area contributed by atoms with Crippen LogP contribution in [-0.2, 0) is 6.42 Å². The Labute approximate surface area is 122 Å². The number of hydrogen-bond donors (Lipinski definition) is 2. The molecule has 2 aliphatic rings. The maximum atomic E-state index is 11.3. The molecule has 3 atom stereocenters. The van der Waals surface area contributed by atoms with E-state index in [9.17, 15) is 5.11 Å². The minimum atomic E-state index is -0.561. The minimum absolute atomic E-state index is 0.194. The third kappa shape index (κ3) is 2.58. The van der Waals surface area contributed by atoms with E-state index in [-0.39, 0.29) is 11.5 Å². The lowest BCUT2D eigenvalue weighted by atomic mass is 9.62. The summed E-state index contributed by atoms with van der Waals surface area (Å²) in [7, 11) is 0. The van der Waals surface area contributed by atoms with Gasteiger partial charge in [-0.15, -0.1) is 0 Å². The highest BCUT2D eigenvalue weighted by Gasteiger charge is 2.47. The Hall–Kier alpha value is -1.02. The van der Waals surface area contributed by atoms with Gasteiger partial charge in [-0.2, -0.15) is 0 Å². The molecule has 1 saturated carbocycles. The van der Waals surface area contributed by atoms with Gasteiger partial charge in [0.2, 0.25) is 0 Å². The highest BCUT2D eigenvalue weighted by molar-refractivity contribution is 5.54. The number of benzene rings is 1. The standard InChI is InChI=1S/C18H27NO/c1-13-10-17(2,3)12-18(20,11-13)16-9-8-14-6-4-5-7-15(14)19-16/h4-7,13,16,19-20H,8-12H2,1-3H3. The number of nitrogens with one attached hydrogen (secondary N) is 1. The van der Waals surface area contributed by atoms with Crippen molar-refractivity contribution in [1.82, 2.24) is 0 Å². The molecule has 0 bridgehead atoms. The molecular formula is C18H27NO. The van der Waals surface area contributed by atoms with Crippen molar-refractivity contribution < 1.29 is 5.11 Å². The first kappa shape index (κ1) is 13.9. The maximum Gasteiger partial charge on any atom is 0.0855 e. The zero-order valence-corrected chi connectivity index (χ0v) is 12.9. The molecule has 1 aliphatic carbocycles.